The second-order valence-electron chi connectivity index (χ2n) is 6.87. The number of methoxy groups -OCH3 is 1. The largest absolute Gasteiger partial charge is 0.633 e. The molecule has 1 spiro atoms. The van der Waals surface area contributed by atoms with Gasteiger partial charge in [0, 0.05) is 24.0 Å². The van der Waals surface area contributed by atoms with Crippen LogP contribution in [0.25, 0.3) is 0 Å². The van der Waals surface area contributed by atoms with Crippen LogP contribution in [0, 0.1) is 5.21 Å². The van der Waals surface area contributed by atoms with Gasteiger partial charge in [-0.05, 0) is 12.1 Å². The van der Waals surface area contributed by atoms with Gasteiger partial charge in [0.2, 0.25) is 0 Å². The summed E-state index contributed by atoms with van der Waals surface area (Å²) in [6.45, 7) is 0.983. The fraction of sp³-hybridized carbons (Fsp3) is 0.529. The summed E-state index contributed by atoms with van der Waals surface area (Å²) >= 11 is 0. The van der Waals surface area contributed by atoms with Gasteiger partial charge >= 0.3 is 0 Å². The molecule has 5 nitrogen and oxygen atoms in total. The molecule has 1 aliphatic carbocycles. The molecule has 0 saturated heterocycles. The van der Waals surface area contributed by atoms with E-state index < -0.39 is 6.10 Å². The third-order valence-electron chi connectivity index (χ3n) is 5.30. The topological polar surface area (TPSA) is 61.8 Å². The van der Waals surface area contributed by atoms with Gasteiger partial charge in [-0.3, -0.25) is 0 Å². The molecule has 0 amide bonds. The molecule has 5 heteroatoms. The minimum atomic E-state index is -0.490. The number of hydrogen-bond acceptors (Lipinski definition) is 4. The molecule has 4 rings (SSSR count). The molecule has 0 radical (unpaired) electrons. The third-order valence-corrected chi connectivity index (χ3v) is 5.30. The fourth-order valence-corrected chi connectivity index (χ4v) is 4.19. The predicted octanol–water partition coefficient (Wildman–Crippen LogP) is 1.86. The maximum atomic E-state index is 12.7. The number of hydroxylamine groups is 3. The molecule has 118 valence electrons. The van der Waals surface area contributed by atoms with Crippen molar-refractivity contribution in [1.82, 2.24) is 0 Å². The molecule has 0 aromatic heterocycles. The number of hydrogen-bond donors (Lipinski definition) is 1. The Hall–Kier alpha value is -1.56. The average molecular weight is 303 g/mol. The van der Waals surface area contributed by atoms with Gasteiger partial charge in [-0.2, -0.15) is 0 Å². The van der Waals surface area contributed by atoms with Crippen molar-refractivity contribution in [3.05, 3.63) is 40.6 Å². The van der Waals surface area contributed by atoms with E-state index >= 15 is 0 Å². The minimum absolute atomic E-state index is 0.129. The Labute approximate surface area is 129 Å². The van der Waals surface area contributed by atoms with E-state index in [0.29, 0.717) is 25.3 Å². The first-order valence-electron chi connectivity index (χ1n) is 7.75. The van der Waals surface area contributed by atoms with Crippen molar-refractivity contribution in [2.75, 3.05) is 20.7 Å². The summed E-state index contributed by atoms with van der Waals surface area (Å²) < 4.78 is 11.4. The van der Waals surface area contributed by atoms with E-state index in [4.69, 9.17) is 9.47 Å². The van der Waals surface area contributed by atoms with Crippen LogP contribution in [0.4, 0.5) is 0 Å². The highest BCUT2D eigenvalue weighted by Crippen LogP contribution is 2.56. The quantitative estimate of drug-likeness (QED) is 0.489. The number of rotatable bonds is 1. The van der Waals surface area contributed by atoms with Gasteiger partial charge in [0.05, 0.1) is 32.2 Å². The van der Waals surface area contributed by atoms with Crippen LogP contribution in [-0.4, -0.2) is 42.7 Å². The van der Waals surface area contributed by atoms with Crippen molar-refractivity contribution in [3.63, 3.8) is 0 Å². The number of quaternary nitrogens is 1. The summed E-state index contributed by atoms with van der Waals surface area (Å²) in [5, 5.41) is 22.6. The Kier molecular flexibility index (Phi) is 2.86. The van der Waals surface area contributed by atoms with Crippen molar-refractivity contribution in [1.29, 1.82) is 0 Å². The first kappa shape index (κ1) is 14.1. The highest BCUT2D eigenvalue weighted by Gasteiger charge is 2.53. The van der Waals surface area contributed by atoms with Gasteiger partial charge in [0.15, 0.2) is 11.5 Å². The monoisotopic (exact) mass is 303 g/mol. The van der Waals surface area contributed by atoms with E-state index in [0.717, 1.165) is 23.3 Å². The van der Waals surface area contributed by atoms with Gasteiger partial charge in [-0.25, -0.2) is 0 Å². The zero-order valence-corrected chi connectivity index (χ0v) is 12.9. The van der Waals surface area contributed by atoms with E-state index in [1.165, 1.54) is 0 Å². The van der Waals surface area contributed by atoms with Crippen molar-refractivity contribution >= 4 is 0 Å². The summed E-state index contributed by atoms with van der Waals surface area (Å²) in [6.07, 6.45) is 4.57. The van der Waals surface area contributed by atoms with Crippen LogP contribution >= 0.6 is 0 Å². The van der Waals surface area contributed by atoms with E-state index in [2.05, 4.69) is 6.08 Å². The zero-order chi connectivity index (χ0) is 15.5. The number of nitrogens with zero attached hydrogens (tertiary/aromatic N) is 1. The van der Waals surface area contributed by atoms with Crippen molar-refractivity contribution < 1.29 is 19.2 Å². The first-order chi connectivity index (χ1) is 10.5. The Morgan fingerprint density at radius 3 is 3.05 bits per heavy atom. The smallest absolute Gasteiger partial charge is 0.166 e. The Morgan fingerprint density at radius 2 is 2.27 bits per heavy atom. The second kappa shape index (κ2) is 4.47. The van der Waals surface area contributed by atoms with Gasteiger partial charge in [0.1, 0.15) is 12.6 Å². The molecule has 0 saturated carbocycles. The summed E-state index contributed by atoms with van der Waals surface area (Å²) in [5.74, 6) is 1.46. The molecule has 0 bridgehead atoms. The molecule has 2 heterocycles. The number of aliphatic hydroxyl groups is 1. The molecule has 4 atom stereocenters. The molecule has 1 aromatic rings. The van der Waals surface area contributed by atoms with Crippen molar-refractivity contribution in [2.24, 2.45) is 0 Å². The molecule has 1 N–H and O–H groups in total. The normalized spacial score (nSPS) is 38.7. The van der Waals surface area contributed by atoms with Crippen LogP contribution in [0.2, 0.25) is 0 Å². The third kappa shape index (κ3) is 1.82. The second-order valence-corrected chi connectivity index (χ2v) is 6.87. The molecule has 2 aliphatic heterocycles. The maximum absolute atomic E-state index is 12.7. The number of ether oxygens (including phenoxy) is 2. The Balaban J connectivity index is 1.96. The fourth-order valence-electron chi connectivity index (χ4n) is 4.19. The summed E-state index contributed by atoms with van der Waals surface area (Å²) in [7, 11) is 3.36. The molecule has 22 heavy (non-hydrogen) atoms. The SMILES string of the molecule is COc1ccc2c3c1O[C@H]1C[C@H](O)C=C[C@@]31CC[N@+](C)([O-])C2. The molecular weight excluding hydrogens is 282 g/mol. The van der Waals surface area contributed by atoms with E-state index in [9.17, 15) is 10.3 Å². The lowest BCUT2D eigenvalue weighted by Crippen LogP contribution is -2.44. The van der Waals surface area contributed by atoms with Crippen LogP contribution < -0.4 is 9.47 Å². The van der Waals surface area contributed by atoms with Crippen LogP contribution in [0.1, 0.15) is 24.0 Å². The molecular formula is C17H21NO4. The lowest BCUT2D eigenvalue weighted by atomic mass is 9.69. The van der Waals surface area contributed by atoms with Crippen LogP contribution in [0.3, 0.4) is 0 Å². The molecule has 3 aliphatic rings. The Bertz CT molecular complexity index is 654. The standard InChI is InChI=1S/C17H21NO4/c1-18(20)8-7-17-6-5-12(19)9-14(17)22-16-13(21-2)4-3-11(10-18)15(16)17/h3-6,12,14,19H,7-10H2,1-2H3/t12-,14+,17+,18+/m1/s1. The van der Waals surface area contributed by atoms with Gasteiger partial charge in [0.25, 0.3) is 0 Å². The summed E-state index contributed by atoms with van der Waals surface area (Å²) in [5.41, 5.74) is 1.82. The number of aliphatic hydroxyl groups excluding tert-OH is 1. The van der Waals surface area contributed by atoms with Crippen molar-refractivity contribution in [2.45, 2.75) is 37.0 Å². The van der Waals surface area contributed by atoms with Gasteiger partial charge in [-0.1, -0.05) is 12.2 Å². The van der Waals surface area contributed by atoms with E-state index in [-0.39, 0.29) is 16.2 Å². The highest BCUT2D eigenvalue weighted by molar-refractivity contribution is 5.60. The van der Waals surface area contributed by atoms with Crippen LogP contribution in [0.15, 0.2) is 24.3 Å². The van der Waals surface area contributed by atoms with Gasteiger partial charge < -0.3 is 24.4 Å². The first-order valence-corrected chi connectivity index (χ1v) is 7.75. The predicted molar refractivity (Wildman–Crippen MR) is 81.6 cm³/mol. The van der Waals surface area contributed by atoms with Crippen molar-refractivity contribution in [3.8, 4) is 11.5 Å². The Morgan fingerprint density at radius 1 is 1.45 bits per heavy atom. The zero-order valence-electron chi connectivity index (χ0n) is 12.9. The highest BCUT2D eigenvalue weighted by atomic mass is 16.5. The minimum Gasteiger partial charge on any atom is -0.633 e. The molecule has 0 fully saturated rings. The van der Waals surface area contributed by atoms with Crippen LogP contribution in [0.5, 0.6) is 11.5 Å². The average Bonchev–Trinajstić information content (AvgIpc) is 2.74. The lowest BCUT2D eigenvalue weighted by Gasteiger charge is -2.40. The summed E-state index contributed by atoms with van der Waals surface area (Å²) in [4.78, 5) is 0. The lowest BCUT2D eigenvalue weighted by molar-refractivity contribution is -0.874. The van der Waals surface area contributed by atoms with E-state index in [1.807, 2.05) is 18.2 Å². The maximum Gasteiger partial charge on any atom is 0.166 e. The van der Waals surface area contributed by atoms with Gasteiger partial charge in [-0.15, -0.1) is 0 Å². The number of benzene rings is 1. The van der Waals surface area contributed by atoms with Crippen LogP contribution in [-0.2, 0) is 12.0 Å². The summed E-state index contributed by atoms with van der Waals surface area (Å²) in [6, 6.07) is 3.87. The van der Waals surface area contributed by atoms with E-state index in [1.54, 1.807) is 14.2 Å². The molecule has 1 aromatic carbocycles. The molecule has 0 unspecified atom stereocenters.